The molecule has 0 radical (unpaired) electrons. The van der Waals surface area contributed by atoms with Gasteiger partial charge in [0.25, 0.3) is 0 Å². The molecule has 2 N–H and O–H groups in total. The summed E-state index contributed by atoms with van der Waals surface area (Å²) in [6.07, 6.45) is 0. The summed E-state index contributed by atoms with van der Waals surface area (Å²) >= 11 is 0. The van der Waals surface area contributed by atoms with E-state index in [0.29, 0.717) is 0 Å². The molecule has 0 aromatic heterocycles. The molecule has 0 atom stereocenters. The van der Waals surface area contributed by atoms with Gasteiger partial charge in [-0.15, -0.1) is 0 Å². The average molecular weight is 247 g/mol. The third-order valence-corrected chi connectivity index (χ3v) is 3.16. The molecule has 1 aromatic rings. The lowest BCUT2D eigenvalue weighted by Crippen LogP contribution is -2.17. The Morgan fingerprint density at radius 1 is 1.50 bits per heavy atom. The van der Waals surface area contributed by atoms with Crippen LogP contribution in [0, 0.1) is 5.82 Å². The van der Waals surface area contributed by atoms with Crippen molar-refractivity contribution in [2.24, 2.45) is 0 Å². The summed E-state index contributed by atoms with van der Waals surface area (Å²) in [5, 5.41) is 8.74. The fourth-order valence-corrected chi connectivity index (χ4v) is 1.72. The zero-order valence-corrected chi connectivity index (χ0v) is 9.21. The summed E-state index contributed by atoms with van der Waals surface area (Å²) < 4.78 is 37.6. The molecular weight excluding hydrogens is 237 g/mol. The van der Waals surface area contributed by atoms with Crippen molar-refractivity contribution < 1.29 is 22.7 Å². The molecule has 5 nitrogen and oxygen atoms in total. The molecule has 88 valence electrons. The fourth-order valence-electron chi connectivity index (χ4n) is 1.07. The molecule has 0 aliphatic carbocycles. The Bertz CT molecular complexity index is 512. The zero-order chi connectivity index (χ0) is 12.3. The molecule has 1 aromatic carbocycles. The second kappa shape index (κ2) is 4.48. The summed E-state index contributed by atoms with van der Waals surface area (Å²) in [4.78, 5) is 10.7. The average Bonchev–Trinajstić information content (AvgIpc) is 2.16. The molecular formula is C9H10FNO4S. The normalized spacial score (nSPS) is 11.1. The van der Waals surface area contributed by atoms with Crippen molar-refractivity contribution in [3.8, 4) is 0 Å². The van der Waals surface area contributed by atoms with Gasteiger partial charge >= 0.3 is 5.97 Å². The molecule has 1 rings (SSSR count). The van der Waals surface area contributed by atoms with Crippen molar-refractivity contribution in [1.82, 2.24) is 0 Å². The third-order valence-electron chi connectivity index (χ3n) is 1.87. The number of carbonyl (C=O) groups is 1. The largest absolute Gasteiger partial charge is 0.478 e. The Morgan fingerprint density at radius 2 is 2.12 bits per heavy atom. The van der Waals surface area contributed by atoms with E-state index in [1.165, 1.54) is 19.1 Å². The van der Waals surface area contributed by atoms with Crippen LogP contribution >= 0.6 is 0 Å². The maximum Gasteiger partial charge on any atom is 0.340 e. The van der Waals surface area contributed by atoms with Gasteiger partial charge in [0, 0.05) is 0 Å². The minimum absolute atomic E-state index is 0.220. The lowest BCUT2D eigenvalue weighted by atomic mass is 10.2. The first-order chi connectivity index (χ1) is 7.37. The van der Waals surface area contributed by atoms with E-state index in [1.807, 2.05) is 4.72 Å². The number of hydrogen-bond donors (Lipinski definition) is 2. The van der Waals surface area contributed by atoms with Gasteiger partial charge in [-0.2, -0.15) is 0 Å². The number of sulfonamides is 1. The Labute approximate surface area is 92.0 Å². The molecule has 0 aliphatic heterocycles. The van der Waals surface area contributed by atoms with E-state index in [2.05, 4.69) is 0 Å². The summed E-state index contributed by atoms with van der Waals surface area (Å²) in [5.41, 5.74) is -0.950. The van der Waals surface area contributed by atoms with Gasteiger partial charge in [0.1, 0.15) is 11.4 Å². The molecule has 0 unspecified atom stereocenters. The van der Waals surface area contributed by atoms with Crippen LogP contribution in [-0.2, 0) is 10.0 Å². The number of aromatic carboxylic acids is 1. The van der Waals surface area contributed by atoms with Gasteiger partial charge < -0.3 is 5.11 Å². The predicted molar refractivity (Wildman–Crippen MR) is 56.4 cm³/mol. The molecule has 0 bridgehead atoms. The summed E-state index contributed by atoms with van der Waals surface area (Å²) in [7, 11) is -3.63. The highest BCUT2D eigenvalue weighted by Crippen LogP contribution is 2.20. The number of halogens is 1. The number of carboxylic acid groups (broad SMARTS) is 1. The monoisotopic (exact) mass is 247 g/mol. The second-order valence-electron chi connectivity index (χ2n) is 2.97. The highest BCUT2D eigenvalue weighted by molar-refractivity contribution is 7.92. The summed E-state index contributed by atoms with van der Waals surface area (Å²) in [6, 6.07) is 3.38. The van der Waals surface area contributed by atoms with E-state index in [1.54, 1.807) is 0 Å². The van der Waals surface area contributed by atoms with Crippen LogP contribution in [0.25, 0.3) is 0 Å². The number of anilines is 1. The van der Waals surface area contributed by atoms with Crippen LogP contribution in [0.15, 0.2) is 18.2 Å². The van der Waals surface area contributed by atoms with E-state index < -0.39 is 27.4 Å². The predicted octanol–water partition coefficient (Wildman–Crippen LogP) is 1.29. The van der Waals surface area contributed by atoms with Crippen molar-refractivity contribution in [1.29, 1.82) is 0 Å². The summed E-state index contributed by atoms with van der Waals surface area (Å²) in [5.74, 6) is -2.72. The number of rotatable bonds is 4. The van der Waals surface area contributed by atoms with Crippen molar-refractivity contribution in [3.05, 3.63) is 29.6 Å². The molecule has 16 heavy (non-hydrogen) atoms. The van der Waals surface area contributed by atoms with E-state index >= 15 is 0 Å². The molecule has 0 heterocycles. The fraction of sp³-hybridized carbons (Fsp3) is 0.222. The topological polar surface area (TPSA) is 83.5 Å². The maximum atomic E-state index is 13.2. The van der Waals surface area contributed by atoms with Gasteiger partial charge in [0.15, 0.2) is 0 Å². The van der Waals surface area contributed by atoms with E-state index in [4.69, 9.17) is 5.11 Å². The van der Waals surface area contributed by atoms with Gasteiger partial charge in [-0.1, -0.05) is 6.07 Å². The molecule has 0 aliphatic rings. The second-order valence-corrected chi connectivity index (χ2v) is 4.98. The van der Waals surface area contributed by atoms with E-state index in [-0.39, 0.29) is 11.4 Å². The highest BCUT2D eigenvalue weighted by atomic mass is 32.2. The zero-order valence-electron chi connectivity index (χ0n) is 8.40. The van der Waals surface area contributed by atoms with Gasteiger partial charge in [0.05, 0.1) is 11.4 Å². The first-order valence-electron chi connectivity index (χ1n) is 4.39. The van der Waals surface area contributed by atoms with Crippen LogP contribution in [0.1, 0.15) is 17.3 Å². The minimum Gasteiger partial charge on any atom is -0.478 e. The van der Waals surface area contributed by atoms with Crippen molar-refractivity contribution >= 4 is 21.7 Å². The molecule has 0 fully saturated rings. The number of hydrogen-bond acceptors (Lipinski definition) is 3. The molecule has 0 amide bonds. The van der Waals surface area contributed by atoms with Crippen molar-refractivity contribution in [2.75, 3.05) is 10.5 Å². The van der Waals surface area contributed by atoms with E-state index in [0.717, 1.165) is 6.07 Å². The number of benzene rings is 1. The minimum atomic E-state index is -3.63. The first-order valence-corrected chi connectivity index (χ1v) is 6.05. The standard InChI is InChI=1S/C9H10FNO4S/c1-2-16(14,15)11-7-5-3-4-6(10)8(7)9(12)13/h3-5,11H,2H2,1H3,(H,12,13). The van der Waals surface area contributed by atoms with Crippen LogP contribution in [0.4, 0.5) is 10.1 Å². The molecule has 0 saturated carbocycles. The Morgan fingerprint density at radius 3 is 2.62 bits per heavy atom. The number of nitrogens with one attached hydrogen (secondary N) is 1. The molecule has 0 spiro atoms. The maximum absolute atomic E-state index is 13.2. The van der Waals surface area contributed by atoms with Gasteiger partial charge in [0.2, 0.25) is 10.0 Å². The Hall–Kier alpha value is -1.63. The Kier molecular flexibility index (Phi) is 3.48. The Balaban J connectivity index is 3.25. The van der Waals surface area contributed by atoms with E-state index in [9.17, 15) is 17.6 Å². The lowest BCUT2D eigenvalue weighted by molar-refractivity contribution is 0.0693. The van der Waals surface area contributed by atoms with Crippen molar-refractivity contribution in [3.63, 3.8) is 0 Å². The molecule has 0 saturated heterocycles. The van der Waals surface area contributed by atoms with Crippen LogP contribution < -0.4 is 4.72 Å². The highest BCUT2D eigenvalue weighted by Gasteiger charge is 2.18. The van der Waals surface area contributed by atoms with Crippen LogP contribution in [-0.4, -0.2) is 25.2 Å². The van der Waals surface area contributed by atoms with Crippen LogP contribution in [0.3, 0.4) is 0 Å². The van der Waals surface area contributed by atoms with Crippen LogP contribution in [0.2, 0.25) is 0 Å². The van der Waals surface area contributed by atoms with Gasteiger partial charge in [-0.05, 0) is 19.1 Å². The third kappa shape index (κ3) is 2.69. The molecule has 7 heteroatoms. The number of carboxylic acids is 1. The van der Waals surface area contributed by atoms with Crippen molar-refractivity contribution in [2.45, 2.75) is 6.92 Å². The first kappa shape index (κ1) is 12.4. The van der Waals surface area contributed by atoms with Gasteiger partial charge in [-0.3, -0.25) is 4.72 Å². The smallest absolute Gasteiger partial charge is 0.340 e. The van der Waals surface area contributed by atoms with Gasteiger partial charge in [-0.25, -0.2) is 17.6 Å². The van der Waals surface area contributed by atoms with Crippen LogP contribution in [0.5, 0.6) is 0 Å². The quantitative estimate of drug-likeness (QED) is 0.839. The SMILES string of the molecule is CCS(=O)(=O)Nc1cccc(F)c1C(=O)O. The lowest BCUT2D eigenvalue weighted by Gasteiger charge is -2.09. The summed E-state index contributed by atoms with van der Waals surface area (Å²) in [6.45, 7) is 1.39.